The fourth-order valence-corrected chi connectivity index (χ4v) is 4.06. The summed E-state index contributed by atoms with van der Waals surface area (Å²) in [5, 5.41) is 0.666. The van der Waals surface area contributed by atoms with E-state index < -0.39 is 0 Å². The Labute approximate surface area is 144 Å². The van der Waals surface area contributed by atoms with Crippen LogP contribution in [0.4, 0.5) is 0 Å². The number of nitrogens with two attached hydrogens (primary N) is 1. The Hall–Kier alpha value is -0.0700. The van der Waals surface area contributed by atoms with Crippen LogP contribution in [0.25, 0.3) is 0 Å². The fourth-order valence-electron chi connectivity index (χ4n) is 1.76. The quantitative estimate of drug-likeness (QED) is 0.641. The molecule has 0 spiro atoms. The van der Waals surface area contributed by atoms with Gasteiger partial charge in [-0.3, -0.25) is 0 Å². The van der Waals surface area contributed by atoms with Crippen molar-refractivity contribution in [3.63, 3.8) is 0 Å². The summed E-state index contributed by atoms with van der Waals surface area (Å²) >= 11 is 14.5. The maximum absolute atomic E-state index is 6.21. The highest BCUT2D eigenvalue weighted by Crippen LogP contribution is 2.36. The van der Waals surface area contributed by atoms with Gasteiger partial charge in [0.25, 0.3) is 0 Å². The Morgan fingerprint density at radius 1 is 1.30 bits per heavy atom. The van der Waals surface area contributed by atoms with E-state index in [1.807, 2.05) is 24.3 Å². The first-order chi connectivity index (χ1) is 9.51. The van der Waals surface area contributed by atoms with Crippen molar-refractivity contribution in [1.29, 1.82) is 0 Å². The molecule has 0 radical (unpaired) electrons. The molecule has 2 rings (SSSR count). The van der Waals surface area contributed by atoms with Crippen LogP contribution in [0.3, 0.4) is 0 Å². The summed E-state index contributed by atoms with van der Waals surface area (Å²) in [5.74, 6) is 0.743. The molecule has 0 aliphatic rings. The van der Waals surface area contributed by atoms with Crippen molar-refractivity contribution < 1.29 is 4.74 Å². The van der Waals surface area contributed by atoms with Gasteiger partial charge in [-0.15, -0.1) is 11.3 Å². The number of rotatable bonds is 5. The van der Waals surface area contributed by atoms with E-state index in [0.29, 0.717) is 5.02 Å². The standard InChI is InChI=1S/C14H14Br2ClNOS/c1-2-10(18)14(12-5-6-13(16)20-12)19-11-4-3-8(17)7-9(11)15/h3-7,10,14H,2,18H2,1H3. The van der Waals surface area contributed by atoms with Gasteiger partial charge in [0, 0.05) is 15.9 Å². The first-order valence-corrected chi connectivity index (χ1v) is 8.91. The number of halogens is 3. The number of hydrogen-bond acceptors (Lipinski definition) is 3. The first kappa shape index (κ1) is 16.3. The van der Waals surface area contributed by atoms with Gasteiger partial charge < -0.3 is 10.5 Å². The zero-order chi connectivity index (χ0) is 14.7. The number of thiophene rings is 1. The second-order valence-corrected chi connectivity index (χ2v) is 8.11. The Kier molecular flexibility index (Phi) is 5.93. The van der Waals surface area contributed by atoms with Crippen LogP contribution in [-0.4, -0.2) is 6.04 Å². The molecule has 0 bridgehead atoms. The fraction of sp³-hybridized carbons (Fsp3) is 0.286. The summed E-state index contributed by atoms with van der Waals surface area (Å²) < 4.78 is 8.01. The van der Waals surface area contributed by atoms with Crippen LogP contribution in [0.15, 0.2) is 38.6 Å². The normalized spacial score (nSPS) is 14.1. The molecule has 0 saturated heterocycles. The molecule has 0 aliphatic carbocycles. The van der Waals surface area contributed by atoms with Gasteiger partial charge in [0.2, 0.25) is 0 Å². The molecule has 2 aromatic rings. The second-order valence-electron chi connectivity index (χ2n) is 4.33. The predicted molar refractivity (Wildman–Crippen MR) is 92.8 cm³/mol. The zero-order valence-corrected chi connectivity index (χ0v) is 15.5. The van der Waals surface area contributed by atoms with E-state index in [2.05, 4.69) is 38.8 Å². The van der Waals surface area contributed by atoms with Crippen LogP contribution >= 0.6 is 54.8 Å². The number of hydrogen-bond donors (Lipinski definition) is 1. The van der Waals surface area contributed by atoms with E-state index in [0.717, 1.165) is 25.3 Å². The lowest BCUT2D eigenvalue weighted by Crippen LogP contribution is -2.31. The average molecular weight is 440 g/mol. The molecule has 0 fully saturated rings. The van der Waals surface area contributed by atoms with Gasteiger partial charge in [-0.25, -0.2) is 0 Å². The minimum absolute atomic E-state index is 0.0665. The summed E-state index contributed by atoms with van der Waals surface area (Å²) in [6, 6.07) is 9.46. The highest BCUT2D eigenvalue weighted by Gasteiger charge is 2.23. The average Bonchev–Trinajstić information content (AvgIpc) is 2.83. The van der Waals surface area contributed by atoms with Crippen LogP contribution in [0.2, 0.25) is 5.02 Å². The number of ether oxygens (including phenoxy) is 1. The van der Waals surface area contributed by atoms with E-state index in [1.54, 1.807) is 17.4 Å². The third kappa shape index (κ3) is 3.98. The van der Waals surface area contributed by atoms with Crippen molar-refractivity contribution in [2.75, 3.05) is 0 Å². The van der Waals surface area contributed by atoms with Gasteiger partial charge in [-0.05, 0) is 68.6 Å². The van der Waals surface area contributed by atoms with Crippen molar-refractivity contribution in [1.82, 2.24) is 0 Å². The van der Waals surface area contributed by atoms with Crippen molar-refractivity contribution in [3.8, 4) is 5.75 Å². The molecule has 2 unspecified atom stereocenters. The van der Waals surface area contributed by atoms with Gasteiger partial charge >= 0.3 is 0 Å². The SMILES string of the molecule is CCC(N)C(Oc1ccc(Cl)cc1Br)c1ccc(Br)s1. The largest absolute Gasteiger partial charge is 0.482 e. The van der Waals surface area contributed by atoms with Crippen LogP contribution in [0.5, 0.6) is 5.75 Å². The van der Waals surface area contributed by atoms with E-state index in [9.17, 15) is 0 Å². The van der Waals surface area contributed by atoms with Gasteiger partial charge in [0.1, 0.15) is 11.9 Å². The summed E-state index contributed by atoms with van der Waals surface area (Å²) in [5.41, 5.74) is 6.21. The van der Waals surface area contributed by atoms with Crippen molar-refractivity contribution >= 4 is 54.8 Å². The molecule has 20 heavy (non-hydrogen) atoms. The highest BCUT2D eigenvalue weighted by atomic mass is 79.9. The maximum Gasteiger partial charge on any atom is 0.148 e. The third-order valence-electron chi connectivity index (χ3n) is 2.88. The molecule has 1 aromatic carbocycles. The van der Waals surface area contributed by atoms with Gasteiger partial charge in [-0.2, -0.15) is 0 Å². The zero-order valence-electron chi connectivity index (χ0n) is 10.8. The van der Waals surface area contributed by atoms with Gasteiger partial charge in [0.15, 0.2) is 0 Å². The Morgan fingerprint density at radius 3 is 2.60 bits per heavy atom. The smallest absolute Gasteiger partial charge is 0.148 e. The predicted octanol–water partition coefficient (Wildman–Crippen LogP) is 5.78. The topological polar surface area (TPSA) is 35.2 Å². The Balaban J connectivity index is 2.28. The molecule has 0 aliphatic heterocycles. The molecular formula is C14H14Br2ClNOS. The molecule has 2 nitrogen and oxygen atoms in total. The van der Waals surface area contributed by atoms with E-state index in [4.69, 9.17) is 22.1 Å². The molecule has 0 amide bonds. The van der Waals surface area contributed by atoms with Gasteiger partial charge in [0.05, 0.1) is 8.26 Å². The van der Waals surface area contributed by atoms with Crippen molar-refractivity contribution in [2.45, 2.75) is 25.5 Å². The van der Waals surface area contributed by atoms with Crippen molar-refractivity contribution in [2.24, 2.45) is 5.73 Å². The molecule has 1 heterocycles. The molecule has 0 saturated carbocycles. The van der Waals surface area contributed by atoms with Crippen LogP contribution in [0, 0.1) is 0 Å². The van der Waals surface area contributed by atoms with Crippen LogP contribution < -0.4 is 10.5 Å². The highest BCUT2D eigenvalue weighted by molar-refractivity contribution is 9.11. The minimum Gasteiger partial charge on any atom is -0.482 e. The Morgan fingerprint density at radius 2 is 2.05 bits per heavy atom. The lowest BCUT2D eigenvalue weighted by molar-refractivity contribution is 0.173. The molecular weight excluding hydrogens is 425 g/mol. The molecule has 1 aromatic heterocycles. The second kappa shape index (κ2) is 7.27. The van der Waals surface area contributed by atoms with E-state index in [1.165, 1.54) is 0 Å². The maximum atomic E-state index is 6.21. The molecule has 2 N–H and O–H groups in total. The third-order valence-corrected chi connectivity index (χ3v) is 5.42. The van der Waals surface area contributed by atoms with Gasteiger partial charge in [-0.1, -0.05) is 18.5 Å². The summed E-state index contributed by atoms with van der Waals surface area (Å²) in [6.45, 7) is 2.06. The lowest BCUT2D eigenvalue weighted by Gasteiger charge is -2.24. The summed E-state index contributed by atoms with van der Waals surface area (Å²) in [6.07, 6.45) is 0.666. The summed E-state index contributed by atoms with van der Waals surface area (Å²) in [7, 11) is 0. The first-order valence-electron chi connectivity index (χ1n) is 6.13. The minimum atomic E-state index is -0.172. The summed E-state index contributed by atoms with van der Waals surface area (Å²) in [4.78, 5) is 1.10. The molecule has 6 heteroatoms. The van der Waals surface area contributed by atoms with Crippen LogP contribution in [-0.2, 0) is 0 Å². The van der Waals surface area contributed by atoms with Crippen LogP contribution in [0.1, 0.15) is 24.3 Å². The Bertz CT molecular complexity index is 590. The van der Waals surface area contributed by atoms with E-state index >= 15 is 0 Å². The van der Waals surface area contributed by atoms with Crippen molar-refractivity contribution in [3.05, 3.63) is 48.5 Å². The number of benzene rings is 1. The van der Waals surface area contributed by atoms with E-state index in [-0.39, 0.29) is 12.1 Å². The molecule has 2 atom stereocenters. The monoisotopic (exact) mass is 437 g/mol. The lowest BCUT2D eigenvalue weighted by atomic mass is 10.1. The molecule has 108 valence electrons.